The summed E-state index contributed by atoms with van der Waals surface area (Å²) in [4.78, 5) is 13.9. The molecule has 0 spiro atoms. The average molecular weight is 312 g/mol. The first-order chi connectivity index (χ1) is 10.9. The Kier molecular flexibility index (Phi) is 3.03. The normalized spacial score (nSPS) is 17.8. The Morgan fingerprint density at radius 3 is 2.65 bits per heavy atom. The van der Waals surface area contributed by atoms with Gasteiger partial charge in [-0.1, -0.05) is 6.07 Å². The number of aryl methyl sites for hydroxylation is 1. The van der Waals surface area contributed by atoms with Gasteiger partial charge in [-0.3, -0.25) is 4.79 Å². The molecular weight excluding hydrogens is 288 g/mol. The number of hydrogen-bond donors (Lipinski definition) is 1. The van der Waals surface area contributed by atoms with Crippen LogP contribution >= 0.6 is 0 Å². The predicted octanol–water partition coefficient (Wildman–Crippen LogP) is 3.53. The van der Waals surface area contributed by atoms with Crippen molar-refractivity contribution in [2.75, 3.05) is 18.0 Å². The highest BCUT2D eigenvalue weighted by atomic mass is 16.4. The number of aromatic nitrogens is 1. The molecule has 3 aliphatic rings. The molecule has 0 aliphatic carbocycles. The number of benzene rings is 1. The number of fused-ring (bicyclic) bond motifs is 3. The number of aliphatic carboxylic acids is 1. The zero-order valence-electron chi connectivity index (χ0n) is 14.1. The van der Waals surface area contributed by atoms with Crippen molar-refractivity contribution in [2.24, 2.45) is 12.5 Å². The first-order valence-corrected chi connectivity index (χ1v) is 8.48. The summed E-state index contributed by atoms with van der Waals surface area (Å²) < 4.78 is 2.32. The van der Waals surface area contributed by atoms with E-state index in [9.17, 15) is 9.90 Å². The molecule has 2 aromatic rings. The molecule has 1 aromatic carbocycles. The van der Waals surface area contributed by atoms with Gasteiger partial charge in [0.2, 0.25) is 0 Å². The standard InChI is InChI=1S/C19H24N2O2/c1-19(2,18(22)23)11-12-4-5-15-14(10-12)16-13-6-8-21(9-7-13)17(16)20(15)3/h4-5,10,13H,6-9,11H2,1-3H3,(H,22,23). The van der Waals surface area contributed by atoms with Crippen molar-refractivity contribution in [3.8, 4) is 0 Å². The first-order valence-electron chi connectivity index (χ1n) is 8.48. The number of carboxylic acid groups (broad SMARTS) is 1. The molecule has 1 N–H and O–H groups in total. The number of carbonyl (C=O) groups is 1. The van der Waals surface area contributed by atoms with Crippen LogP contribution < -0.4 is 4.90 Å². The summed E-state index contributed by atoms with van der Waals surface area (Å²) in [5, 5.41) is 10.7. The van der Waals surface area contributed by atoms with Gasteiger partial charge in [0.15, 0.2) is 0 Å². The van der Waals surface area contributed by atoms with Crippen LogP contribution in [0.15, 0.2) is 18.2 Å². The maximum Gasteiger partial charge on any atom is 0.309 e. The molecule has 5 rings (SSSR count). The number of hydrogen-bond acceptors (Lipinski definition) is 2. The third-order valence-corrected chi connectivity index (χ3v) is 5.70. The Balaban J connectivity index is 1.84. The zero-order chi connectivity index (χ0) is 16.4. The maximum atomic E-state index is 11.4. The molecule has 23 heavy (non-hydrogen) atoms. The summed E-state index contributed by atoms with van der Waals surface area (Å²) in [6, 6.07) is 6.50. The van der Waals surface area contributed by atoms with Crippen molar-refractivity contribution in [2.45, 2.75) is 39.0 Å². The molecule has 1 fully saturated rings. The van der Waals surface area contributed by atoms with Gasteiger partial charge in [-0.15, -0.1) is 0 Å². The van der Waals surface area contributed by atoms with Gasteiger partial charge in [0.05, 0.1) is 5.41 Å². The van der Waals surface area contributed by atoms with E-state index in [4.69, 9.17) is 0 Å². The highest BCUT2D eigenvalue weighted by molar-refractivity contribution is 5.92. The van der Waals surface area contributed by atoms with Crippen molar-refractivity contribution in [1.82, 2.24) is 4.57 Å². The molecule has 2 bridgehead atoms. The minimum Gasteiger partial charge on any atom is -0.481 e. The van der Waals surface area contributed by atoms with Gasteiger partial charge in [-0.2, -0.15) is 0 Å². The van der Waals surface area contributed by atoms with Gasteiger partial charge in [-0.05, 0) is 56.7 Å². The van der Waals surface area contributed by atoms with Gasteiger partial charge in [0.1, 0.15) is 5.82 Å². The average Bonchev–Trinajstić information content (AvgIpc) is 2.83. The fourth-order valence-electron chi connectivity index (χ4n) is 4.37. The highest BCUT2D eigenvalue weighted by Gasteiger charge is 2.35. The molecule has 4 heterocycles. The van der Waals surface area contributed by atoms with Crippen molar-refractivity contribution in [3.63, 3.8) is 0 Å². The van der Waals surface area contributed by atoms with Crippen LogP contribution in [0.3, 0.4) is 0 Å². The van der Waals surface area contributed by atoms with Crippen LogP contribution in [0.4, 0.5) is 5.82 Å². The summed E-state index contributed by atoms with van der Waals surface area (Å²) >= 11 is 0. The largest absolute Gasteiger partial charge is 0.481 e. The second-order valence-corrected chi connectivity index (χ2v) is 7.77. The minimum absolute atomic E-state index is 0.566. The quantitative estimate of drug-likeness (QED) is 0.943. The SMILES string of the molecule is Cn1c2c(c3cc(CC(C)(C)C(=O)O)ccc31)C1CCN2CC1. The van der Waals surface area contributed by atoms with Crippen molar-refractivity contribution < 1.29 is 9.90 Å². The van der Waals surface area contributed by atoms with Crippen LogP contribution in [-0.2, 0) is 18.3 Å². The molecule has 4 nitrogen and oxygen atoms in total. The van der Waals surface area contributed by atoms with E-state index in [1.54, 1.807) is 13.8 Å². The lowest BCUT2D eigenvalue weighted by molar-refractivity contribution is -0.146. The van der Waals surface area contributed by atoms with E-state index in [-0.39, 0.29) is 0 Å². The van der Waals surface area contributed by atoms with Crippen LogP contribution in [-0.4, -0.2) is 28.7 Å². The third-order valence-electron chi connectivity index (χ3n) is 5.70. The summed E-state index contributed by atoms with van der Waals surface area (Å²) in [5.74, 6) is 1.32. The molecule has 122 valence electrons. The molecule has 0 atom stereocenters. The highest BCUT2D eigenvalue weighted by Crippen LogP contribution is 2.47. The minimum atomic E-state index is -0.738. The molecule has 0 radical (unpaired) electrons. The van der Waals surface area contributed by atoms with E-state index < -0.39 is 11.4 Å². The monoisotopic (exact) mass is 312 g/mol. The van der Waals surface area contributed by atoms with Crippen molar-refractivity contribution >= 4 is 22.7 Å². The topological polar surface area (TPSA) is 45.5 Å². The Bertz CT molecular complexity index is 795. The Labute approximate surface area is 136 Å². The van der Waals surface area contributed by atoms with E-state index in [1.807, 2.05) is 0 Å². The van der Waals surface area contributed by atoms with Crippen LogP contribution in [0.25, 0.3) is 10.9 Å². The molecule has 1 saturated heterocycles. The second-order valence-electron chi connectivity index (χ2n) is 7.77. The van der Waals surface area contributed by atoms with E-state index in [2.05, 4.69) is 34.7 Å². The Hall–Kier alpha value is -1.97. The molecule has 0 unspecified atom stereocenters. The predicted molar refractivity (Wildman–Crippen MR) is 92.2 cm³/mol. The molecule has 4 heteroatoms. The van der Waals surface area contributed by atoms with Crippen LogP contribution in [0.2, 0.25) is 0 Å². The Morgan fingerprint density at radius 1 is 1.30 bits per heavy atom. The smallest absolute Gasteiger partial charge is 0.309 e. The molecular formula is C19H24N2O2. The summed E-state index contributed by atoms with van der Waals surface area (Å²) in [5.41, 5.74) is 3.15. The Morgan fingerprint density at radius 2 is 2.00 bits per heavy atom. The molecule has 0 saturated carbocycles. The third kappa shape index (κ3) is 2.07. The number of nitrogens with zero attached hydrogens (tertiary/aromatic N) is 2. The van der Waals surface area contributed by atoms with Crippen molar-refractivity contribution in [3.05, 3.63) is 29.3 Å². The van der Waals surface area contributed by atoms with Gasteiger partial charge < -0.3 is 14.6 Å². The van der Waals surface area contributed by atoms with Gasteiger partial charge >= 0.3 is 5.97 Å². The van der Waals surface area contributed by atoms with Gasteiger partial charge in [0, 0.05) is 36.6 Å². The molecule has 0 amide bonds. The molecule has 3 aliphatic heterocycles. The zero-order valence-corrected chi connectivity index (χ0v) is 14.1. The number of piperidine rings is 1. The van der Waals surface area contributed by atoms with E-state index in [0.717, 1.165) is 5.56 Å². The summed E-state index contributed by atoms with van der Waals surface area (Å²) in [6.07, 6.45) is 3.06. The van der Waals surface area contributed by atoms with E-state index >= 15 is 0 Å². The van der Waals surface area contributed by atoms with Crippen LogP contribution in [0, 0.1) is 5.41 Å². The number of rotatable bonds is 3. The maximum absolute atomic E-state index is 11.4. The second kappa shape index (κ2) is 4.76. The number of carboxylic acids is 1. The lowest BCUT2D eigenvalue weighted by Crippen LogP contribution is -2.39. The summed E-state index contributed by atoms with van der Waals surface area (Å²) in [6.45, 7) is 5.93. The van der Waals surface area contributed by atoms with Gasteiger partial charge in [-0.25, -0.2) is 0 Å². The lowest BCUT2D eigenvalue weighted by atomic mass is 9.82. The number of anilines is 1. The van der Waals surface area contributed by atoms with Gasteiger partial charge in [0.25, 0.3) is 0 Å². The van der Waals surface area contributed by atoms with Crippen LogP contribution in [0.5, 0.6) is 0 Å². The lowest BCUT2D eigenvalue weighted by Gasteiger charge is -2.41. The molecule has 1 aromatic heterocycles. The fraction of sp³-hybridized carbons (Fsp3) is 0.526. The van der Waals surface area contributed by atoms with Crippen LogP contribution in [0.1, 0.15) is 43.7 Å². The summed E-state index contributed by atoms with van der Waals surface area (Å²) in [7, 11) is 2.16. The van der Waals surface area contributed by atoms with E-state index in [1.165, 1.54) is 48.2 Å². The fourth-order valence-corrected chi connectivity index (χ4v) is 4.37. The van der Waals surface area contributed by atoms with E-state index in [0.29, 0.717) is 12.3 Å². The first kappa shape index (κ1) is 14.6. The van der Waals surface area contributed by atoms with Crippen molar-refractivity contribution in [1.29, 1.82) is 0 Å².